The van der Waals surface area contributed by atoms with Gasteiger partial charge in [0.2, 0.25) is 0 Å². The van der Waals surface area contributed by atoms with Gasteiger partial charge in [-0.1, -0.05) is 12.1 Å². The molecule has 0 spiro atoms. The third-order valence-corrected chi connectivity index (χ3v) is 1.98. The minimum Gasteiger partial charge on any atom is -0.494 e. The van der Waals surface area contributed by atoms with Crippen LogP contribution >= 0.6 is 0 Å². The number of ether oxygens (including phenoxy) is 1. The average Bonchev–Trinajstić information content (AvgIpc) is 2.23. The molecule has 0 saturated carbocycles. The van der Waals surface area contributed by atoms with Gasteiger partial charge >= 0.3 is 0 Å². The molecule has 0 bridgehead atoms. The van der Waals surface area contributed by atoms with Crippen LogP contribution in [0.2, 0.25) is 0 Å². The van der Waals surface area contributed by atoms with E-state index in [1.807, 2.05) is 38.2 Å². The van der Waals surface area contributed by atoms with Crippen LogP contribution in [0.15, 0.2) is 24.3 Å². The monoisotopic (exact) mass is 195 g/mol. The van der Waals surface area contributed by atoms with Crippen LogP contribution in [0.25, 0.3) is 0 Å². The third kappa shape index (κ3) is 2.70. The number of rotatable bonds is 5. The summed E-state index contributed by atoms with van der Waals surface area (Å²) in [6, 6.07) is 7.82. The molecule has 0 amide bonds. The highest BCUT2D eigenvalue weighted by Gasteiger charge is 2.05. The van der Waals surface area contributed by atoms with Gasteiger partial charge in [0.15, 0.2) is 0 Å². The van der Waals surface area contributed by atoms with Crippen molar-refractivity contribution in [2.24, 2.45) is 5.84 Å². The quantitative estimate of drug-likeness (QED) is 0.369. The van der Waals surface area contributed by atoms with Crippen molar-refractivity contribution in [1.82, 2.24) is 10.7 Å². The summed E-state index contributed by atoms with van der Waals surface area (Å²) in [4.78, 5) is 0. The molecule has 0 fully saturated rings. The van der Waals surface area contributed by atoms with Crippen LogP contribution in [0.5, 0.6) is 5.75 Å². The van der Waals surface area contributed by atoms with Gasteiger partial charge in [-0.25, -0.2) is 5.43 Å². The van der Waals surface area contributed by atoms with E-state index in [1.165, 1.54) is 0 Å². The molecule has 1 unspecified atom stereocenters. The van der Waals surface area contributed by atoms with E-state index in [2.05, 4.69) is 10.7 Å². The van der Waals surface area contributed by atoms with Gasteiger partial charge < -0.3 is 10.1 Å². The van der Waals surface area contributed by atoms with Crippen molar-refractivity contribution in [1.29, 1.82) is 0 Å². The van der Waals surface area contributed by atoms with Gasteiger partial charge in [0, 0.05) is 0 Å². The van der Waals surface area contributed by atoms with Gasteiger partial charge in [0.25, 0.3) is 0 Å². The lowest BCUT2D eigenvalue weighted by molar-refractivity contribution is 0.340. The first-order valence-corrected chi connectivity index (χ1v) is 4.68. The van der Waals surface area contributed by atoms with Crippen molar-refractivity contribution < 1.29 is 4.74 Å². The Morgan fingerprint density at radius 2 is 2.00 bits per heavy atom. The Bertz CT molecular complexity index is 257. The van der Waals surface area contributed by atoms with Gasteiger partial charge in [0.1, 0.15) is 5.75 Å². The van der Waals surface area contributed by atoms with Crippen LogP contribution < -0.4 is 21.3 Å². The molecule has 4 N–H and O–H groups in total. The summed E-state index contributed by atoms with van der Waals surface area (Å²) in [5, 5.41) is 3.04. The Morgan fingerprint density at radius 1 is 1.36 bits per heavy atom. The van der Waals surface area contributed by atoms with E-state index in [0.29, 0.717) is 6.61 Å². The molecule has 1 atom stereocenters. The predicted molar refractivity (Wildman–Crippen MR) is 56.7 cm³/mol. The van der Waals surface area contributed by atoms with Crippen LogP contribution in [-0.2, 0) is 0 Å². The van der Waals surface area contributed by atoms with Crippen LogP contribution in [-0.4, -0.2) is 13.7 Å². The largest absolute Gasteiger partial charge is 0.494 e. The second kappa shape index (κ2) is 5.59. The smallest absolute Gasteiger partial charge is 0.119 e. The fourth-order valence-electron chi connectivity index (χ4n) is 1.27. The van der Waals surface area contributed by atoms with Crippen molar-refractivity contribution in [3.05, 3.63) is 29.8 Å². The normalized spacial score (nSPS) is 12.5. The van der Waals surface area contributed by atoms with Crippen LogP contribution in [0.4, 0.5) is 0 Å². The molecule has 4 heteroatoms. The van der Waals surface area contributed by atoms with Gasteiger partial charge in [0.05, 0.1) is 12.8 Å². The molecule has 0 saturated heterocycles. The molecule has 1 aromatic carbocycles. The molecule has 0 aromatic heterocycles. The first kappa shape index (κ1) is 11.0. The van der Waals surface area contributed by atoms with Crippen molar-refractivity contribution >= 4 is 0 Å². The van der Waals surface area contributed by atoms with E-state index in [0.717, 1.165) is 11.3 Å². The molecule has 0 aliphatic carbocycles. The molecular weight excluding hydrogens is 178 g/mol. The lowest BCUT2D eigenvalue weighted by Gasteiger charge is -2.15. The Labute approximate surface area is 84.4 Å². The Morgan fingerprint density at radius 3 is 2.43 bits per heavy atom. The zero-order valence-electron chi connectivity index (χ0n) is 8.58. The summed E-state index contributed by atoms with van der Waals surface area (Å²) < 4.78 is 5.34. The zero-order chi connectivity index (χ0) is 10.4. The summed E-state index contributed by atoms with van der Waals surface area (Å²) in [6.45, 7) is 2.65. The van der Waals surface area contributed by atoms with E-state index >= 15 is 0 Å². The number of nitrogens with one attached hydrogen (secondary N) is 2. The minimum atomic E-state index is -0.0225. The number of hydrogen-bond acceptors (Lipinski definition) is 4. The number of benzene rings is 1. The maximum atomic E-state index is 5.37. The van der Waals surface area contributed by atoms with E-state index in [1.54, 1.807) is 0 Å². The summed E-state index contributed by atoms with van der Waals surface area (Å²) in [7, 11) is 1.85. The SMILES string of the molecule is CCOc1ccc(C(NC)NN)cc1. The third-order valence-electron chi connectivity index (χ3n) is 1.98. The number of hydrogen-bond donors (Lipinski definition) is 3. The molecule has 78 valence electrons. The standard InChI is InChI=1S/C10H17N3O/c1-3-14-9-6-4-8(5-7-9)10(12-2)13-11/h4-7,10,12-13H,3,11H2,1-2H3. The summed E-state index contributed by atoms with van der Waals surface area (Å²) >= 11 is 0. The maximum Gasteiger partial charge on any atom is 0.119 e. The lowest BCUT2D eigenvalue weighted by Crippen LogP contribution is -2.36. The van der Waals surface area contributed by atoms with Crippen molar-refractivity contribution in [3.63, 3.8) is 0 Å². The van der Waals surface area contributed by atoms with Gasteiger partial charge in [-0.05, 0) is 31.7 Å². The molecule has 1 rings (SSSR count). The maximum absolute atomic E-state index is 5.37. The van der Waals surface area contributed by atoms with Crippen molar-refractivity contribution in [2.75, 3.05) is 13.7 Å². The van der Waals surface area contributed by atoms with E-state index in [9.17, 15) is 0 Å². The lowest BCUT2D eigenvalue weighted by atomic mass is 10.2. The first-order valence-electron chi connectivity index (χ1n) is 4.68. The minimum absolute atomic E-state index is 0.0225. The van der Waals surface area contributed by atoms with E-state index < -0.39 is 0 Å². The molecule has 1 aromatic rings. The van der Waals surface area contributed by atoms with Crippen molar-refractivity contribution in [2.45, 2.75) is 13.1 Å². The van der Waals surface area contributed by atoms with Crippen LogP contribution in [0, 0.1) is 0 Å². The Balaban J connectivity index is 2.71. The Kier molecular flexibility index (Phi) is 4.39. The molecule has 0 radical (unpaired) electrons. The zero-order valence-corrected chi connectivity index (χ0v) is 8.58. The predicted octanol–water partition coefficient (Wildman–Crippen LogP) is 0.767. The fourth-order valence-corrected chi connectivity index (χ4v) is 1.27. The number of hydrazine groups is 1. The van der Waals surface area contributed by atoms with Gasteiger partial charge in [-0.15, -0.1) is 0 Å². The second-order valence-electron chi connectivity index (χ2n) is 2.89. The van der Waals surface area contributed by atoms with Crippen LogP contribution in [0.1, 0.15) is 18.7 Å². The summed E-state index contributed by atoms with van der Waals surface area (Å²) in [5.41, 5.74) is 3.75. The van der Waals surface area contributed by atoms with Crippen LogP contribution in [0.3, 0.4) is 0 Å². The molecule has 0 aliphatic rings. The van der Waals surface area contributed by atoms with Gasteiger partial charge in [-0.3, -0.25) is 5.84 Å². The topological polar surface area (TPSA) is 59.3 Å². The molecule has 4 nitrogen and oxygen atoms in total. The van der Waals surface area contributed by atoms with Crippen molar-refractivity contribution in [3.8, 4) is 5.75 Å². The fraction of sp³-hybridized carbons (Fsp3) is 0.400. The Hall–Kier alpha value is -1.10. The first-order chi connectivity index (χ1) is 6.81. The second-order valence-corrected chi connectivity index (χ2v) is 2.89. The van der Waals surface area contributed by atoms with Gasteiger partial charge in [-0.2, -0.15) is 0 Å². The highest BCUT2D eigenvalue weighted by atomic mass is 16.5. The molecular formula is C10H17N3O. The van der Waals surface area contributed by atoms with E-state index in [-0.39, 0.29) is 6.17 Å². The highest BCUT2D eigenvalue weighted by molar-refractivity contribution is 5.28. The molecule has 14 heavy (non-hydrogen) atoms. The number of nitrogens with two attached hydrogens (primary N) is 1. The highest BCUT2D eigenvalue weighted by Crippen LogP contribution is 2.15. The summed E-state index contributed by atoms with van der Waals surface area (Å²) in [6.07, 6.45) is -0.0225. The summed E-state index contributed by atoms with van der Waals surface area (Å²) in [5.74, 6) is 6.25. The molecule has 0 aliphatic heterocycles. The molecule has 0 heterocycles. The average molecular weight is 195 g/mol. The van der Waals surface area contributed by atoms with E-state index in [4.69, 9.17) is 10.6 Å².